The lowest BCUT2D eigenvalue weighted by Crippen LogP contribution is -2.42. The highest BCUT2D eigenvalue weighted by molar-refractivity contribution is 5.81. The van der Waals surface area contributed by atoms with Crippen LogP contribution in [0.25, 0.3) is 0 Å². The summed E-state index contributed by atoms with van der Waals surface area (Å²) in [6, 6.07) is 8.59. The Morgan fingerprint density at radius 2 is 2.08 bits per heavy atom. The summed E-state index contributed by atoms with van der Waals surface area (Å²) in [5, 5.41) is 11.5. The number of nitrogens with zero attached hydrogens (tertiary/aromatic N) is 2. The highest BCUT2D eigenvalue weighted by atomic mass is 16.5. The molecular weight excluding hydrogens is 322 g/mol. The molecule has 1 aromatic rings. The van der Waals surface area contributed by atoms with E-state index in [9.17, 15) is 9.59 Å². The zero-order valence-corrected chi connectivity index (χ0v) is 14.7. The molecule has 2 amide bonds. The van der Waals surface area contributed by atoms with Crippen LogP contribution in [0.3, 0.4) is 0 Å². The summed E-state index contributed by atoms with van der Waals surface area (Å²) in [6.45, 7) is 5.27. The minimum Gasteiger partial charge on any atom is -0.492 e. The van der Waals surface area contributed by atoms with Crippen molar-refractivity contribution in [3.63, 3.8) is 0 Å². The number of likely N-dealkylation sites (tertiary alicyclic amines) is 1. The molecule has 0 spiro atoms. The van der Waals surface area contributed by atoms with Crippen molar-refractivity contribution in [3.8, 4) is 11.8 Å². The number of urea groups is 1. The summed E-state index contributed by atoms with van der Waals surface area (Å²) in [5.41, 5.74) is -0.108. The Balaban J connectivity index is 1.77. The van der Waals surface area contributed by atoms with Gasteiger partial charge in [0.25, 0.3) is 0 Å². The molecule has 1 fully saturated rings. The van der Waals surface area contributed by atoms with Crippen molar-refractivity contribution in [1.29, 1.82) is 5.26 Å². The number of ether oxygens (including phenoxy) is 2. The maximum Gasteiger partial charge on any atom is 0.317 e. The molecule has 0 aliphatic carbocycles. The quantitative estimate of drug-likeness (QED) is 0.649. The van der Waals surface area contributed by atoms with Crippen LogP contribution in [0.1, 0.15) is 19.4 Å². The van der Waals surface area contributed by atoms with Crippen molar-refractivity contribution >= 4 is 12.0 Å². The van der Waals surface area contributed by atoms with Gasteiger partial charge < -0.3 is 19.7 Å². The number of carbonyl (C=O) groups excluding carboxylic acids is 2. The van der Waals surface area contributed by atoms with Gasteiger partial charge >= 0.3 is 12.0 Å². The topological polar surface area (TPSA) is 91.7 Å². The first-order valence-corrected chi connectivity index (χ1v) is 8.15. The molecule has 7 nitrogen and oxygen atoms in total. The lowest BCUT2D eigenvalue weighted by Gasteiger charge is -2.24. The smallest absolute Gasteiger partial charge is 0.317 e. The zero-order chi connectivity index (χ0) is 18.4. The Labute approximate surface area is 147 Å². The second-order valence-corrected chi connectivity index (χ2v) is 6.41. The fourth-order valence-corrected chi connectivity index (χ4v) is 2.87. The molecule has 1 heterocycles. The molecule has 0 bridgehead atoms. The maximum atomic E-state index is 12.3. The molecule has 2 atom stereocenters. The molecule has 1 aliphatic rings. The van der Waals surface area contributed by atoms with Crippen LogP contribution in [0.4, 0.5) is 4.79 Å². The van der Waals surface area contributed by atoms with E-state index in [4.69, 9.17) is 14.7 Å². The second-order valence-electron chi connectivity index (χ2n) is 6.41. The number of amides is 2. The number of hydrogen-bond acceptors (Lipinski definition) is 5. The Morgan fingerprint density at radius 3 is 2.68 bits per heavy atom. The Kier molecular flexibility index (Phi) is 5.86. The van der Waals surface area contributed by atoms with E-state index in [0.717, 1.165) is 0 Å². The number of benzene rings is 1. The van der Waals surface area contributed by atoms with Crippen LogP contribution in [0.2, 0.25) is 0 Å². The molecule has 1 N–H and O–H groups in total. The molecule has 0 saturated carbocycles. The van der Waals surface area contributed by atoms with E-state index in [0.29, 0.717) is 37.6 Å². The van der Waals surface area contributed by atoms with E-state index < -0.39 is 5.41 Å². The highest BCUT2D eigenvalue weighted by Crippen LogP contribution is 2.36. The molecule has 0 unspecified atom stereocenters. The first kappa shape index (κ1) is 18.6. The van der Waals surface area contributed by atoms with E-state index >= 15 is 0 Å². The van der Waals surface area contributed by atoms with Gasteiger partial charge in [-0.1, -0.05) is 6.92 Å². The van der Waals surface area contributed by atoms with Crippen LogP contribution in [0.5, 0.6) is 5.75 Å². The van der Waals surface area contributed by atoms with E-state index in [1.807, 2.05) is 19.9 Å². The predicted octanol–water partition coefficient (Wildman–Crippen LogP) is 1.78. The summed E-state index contributed by atoms with van der Waals surface area (Å²) in [7, 11) is 1.36. The monoisotopic (exact) mass is 345 g/mol. The minimum atomic E-state index is -0.676. The summed E-state index contributed by atoms with van der Waals surface area (Å²) >= 11 is 0. The van der Waals surface area contributed by atoms with E-state index in [-0.39, 0.29) is 17.9 Å². The van der Waals surface area contributed by atoms with Crippen molar-refractivity contribution in [3.05, 3.63) is 29.8 Å². The van der Waals surface area contributed by atoms with Crippen molar-refractivity contribution in [2.75, 3.05) is 33.4 Å². The third kappa shape index (κ3) is 4.21. The molecular formula is C18H23N3O4. The van der Waals surface area contributed by atoms with Gasteiger partial charge in [0.1, 0.15) is 12.4 Å². The molecule has 1 aromatic carbocycles. The first-order chi connectivity index (χ1) is 11.9. The van der Waals surface area contributed by atoms with Gasteiger partial charge in [0.15, 0.2) is 0 Å². The van der Waals surface area contributed by atoms with Gasteiger partial charge in [-0.25, -0.2) is 4.79 Å². The van der Waals surface area contributed by atoms with Gasteiger partial charge in [-0.15, -0.1) is 0 Å². The number of hydrogen-bond donors (Lipinski definition) is 1. The largest absolute Gasteiger partial charge is 0.492 e. The molecule has 0 aromatic heterocycles. The Bertz CT molecular complexity index is 668. The summed E-state index contributed by atoms with van der Waals surface area (Å²) in [6.07, 6.45) is 0. The van der Waals surface area contributed by atoms with E-state index in [2.05, 4.69) is 5.32 Å². The molecule has 0 radical (unpaired) electrons. The van der Waals surface area contributed by atoms with Gasteiger partial charge in [0.2, 0.25) is 0 Å². The Hall–Kier alpha value is -2.75. The van der Waals surface area contributed by atoms with Crippen LogP contribution < -0.4 is 10.1 Å². The van der Waals surface area contributed by atoms with Gasteiger partial charge in [-0.2, -0.15) is 5.26 Å². The SMILES string of the molecule is COC(=O)[C@]1(C)CN(C(=O)NCCOc2ccc(C#N)cc2)C[C@H]1C. The number of methoxy groups -OCH3 is 1. The van der Waals surface area contributed by atoms with Crippen molar-refractivity contribution in [1.82, 2.24) is 10.2 Å². The fourth-order valence-electron chi connectivity index (χ4n) is 2.87. The lowest BCUT2D eigenvalue weighted by atomic mass is 9.81. The van der Waals surface area contributed by atoms with Gasteiger partial charge in [0, 0.05) is 13.1 Å². The van der Waals surface area contributed by atoms with Crippen LogP contribution in [-0.4, -0.2) is 50.3 Å². The van der Waals surface area contributed by atoms with Crippen LogP contribution in [0.15, 0.2) is 24.3 Å². The summed E-state index contributed by atoms with van der Waals surface area (Å²) < 4.78 is 10.4. The third-order valence-electron chi connectivity index (χ3n) is 4.67. The average Bonchev–Trinajstić information content (AvgIpc) is 2.94. The highest BCUT2D eigenvalue weighted by Gasteiger charge is 2.48. The summed E-state index contributed by atoms with van der Waals surface area (Å²) in [4.78, 5) is 25.8. The number of nitriles is 1. The minimum absolute atomic E-state index is 0.0283. The van der Waals surface area contributed by atoms with Crippen molar-refractivity contribution in [2.24, 2.45) is 11.3 Å². The van der Waals surface area contributed by atoms with Crippen LogP contribution in [0, 0.1) is 22.7 Å². The predicted molar refractivity (Wildman–Crippen MR) is 90.9 cm³/mol. The van der Waals surface area contributed by atoms with Gasteiger partial charge in [-0.05, 0) is 37.1 Å². The van der Waals surface area contributed by atoms with Crippen LogP contribution >= 0.6 is 0 Å². The Morgan fingerprint density at radius 1 is 1.40 bits per heavy atom. The second kappa shape index (κ2) is 7.88. The third-order valence-corrected chi connectivity index (χ3v) is 4.67. The average molecular weight is 345 g/mol. The number of esters is 1. The van der Waals surface area contributed by atoms with Crippen molar-refractivity contribution in [2.45, 2.75) is 13.8 Å². The summed E-state index contributed by atoms with van der Waals surface area (Å²) in [5.74, 6) is 0.376. The molecule has 25 heavy (non-hydrogen) atoms. The van der Waals surface area contributed by atoms with E-state index in [1.165, 1.54) is 7.11 Å². The van der Waals surface area contributed by atoms with Crippen LogP contribution in [-0.2, 0) is 9.53 Å². The molecule has 1 saturated heterocycles. The number of carbonyl (C=O) groups is 2. The number of nitrogens with one attached hydrogen (secondary N) is 1. The molecule has 134 valence electrons. The van der Waals surface area contributed by atoms with E-state index in [1.54, 1.807) is 29.2 Å². The number of rotatable bonds is 5. The van der Waals surface area contributed by atoms with Crippen molar-refractivity contribution < 1.29 is 19.1 Å². The molecule has 1 aliphatic heterocycles. The standard InChI is InChI=1S/C18H23N3O4/c1-13-11-21(12-18(13,2)16(22)24-3)17(23)20-8-9-25-15-6-4-14(10-19)5-7-15/h4-7,13H,8-9,11-12H2,1-3H3,(H,20,23)/t13-,18-/m1/s1. The normalized spacial score (nSPS) is 22.2. The van der Waals surface area contributed by atoms with Gasteiger partial charge in [-0.3, -0.25) is 4.79 Å². The molecule has 2 rings (SSSR count). The molecule has 7 heteroatoms. The maximum absolute atomic E-state index is 12.3. The zero-order valence-electron chi connectivity index (χ0n) is 14.7. The van der Waals surface area contributed by atoms with Gasteiger partial charge in [0.05, 0.1) is 30.7 Å². The fraction of sp³-hybridized carbons (Fsp3) is 0.500. The lowest BCUT2D eigenvalue weighted by molar-refractivity contribution is -0.152. The first-order valence-electron chi connectivity index (χ1n) is 8.15.